The van der Waals surface area contributed by atoms with Gasteiger partial charge in [0.15, 0.2) is 5.78 Å². The molecular weight excluding hydrogens is 586 g/mol. The molecule has 0 bridgehead atoms. The van der Waals surface area contributed by atoms with Gasteiger partial charge in [-0.05, 0) is 54.6 Å². The Morgan fingerprint density at radius 1 is 0.667 bits per heavy atom. The monoisotopic (exact) mass is 613 g/mol. The Kier molecular flexibility index (Phi) is 11.2. The molecule has 8 nitrogen and oxygen atoms in total. The number of hydrogen-bond donors (Lipinski definition) is 1. The molecular formula is C30H27BNaO8S2. The van der Waals surface area contributed by atoms with Crippen molar-refractivity contribution in [3.05, 3.63) is 108 Å². The van der Waals surface area contributed by atoms with Crippen LogP contribution in [0.15, 0.2) is 117 Å². The van der Waals surface area contributed by atoms with Gasteiger partial charge in [0.1, 0.15) is 11.5 Å². The van der Waals surface area contributed by atoms with E-state index in [1.165, 1.54) is 30.3 Å². The van der Waals surface area contributed by atoms with Crippen molar-refractivity contribution in [2.24, 2.45) is 0 Å². The summed E-state index contributed by atoms with van der Waals surface area (Å²) < 4.78 is 60.7. The molecule has 0 aliphatic carbocycles. The van der Waals surface area contributed by atoms with E-state index in [1.54, 1.807) is 66.7 Å². The first-order chi connectivity index (χ1) is 19.2. The summed E-state index contributed by atoms with van der Waals surface area (Å²) in [6.07, 6.45) is 0.266. The van der Waals surface area contributed by atoms with E-state index in [0.29, 0.717) is 48.7 Å². The second kappa shape index (κ2) is 14.0. The first-order valence-electron chi connectivity index (χ1n) is 12.5. The van der Waals surface area contributed by atoms with Crippen molar-refractivity contribution in [2.75, 3.05) is 13.2 Å². The van der Waals surface area contributed by atoms with E-state index in [4.69, 9.17) is 9.47 Å². The quantitative estimate of drug-likeness (QED) is 0.344. The minimum absolute atomic E-state index is 0. The minimum Gasteiger partial charge on any atom is -1.00 e. The predicted molar refractivity (Wildman–Crippen MR) is 153 cm³/mol. The van der Waals surface area contributed by atoms with E-state index >= 15 is 0 Å². The van der Waals surface area contributed by atoms with Crippen LogP contribution < -0.4 is 39.0 Å². The van der Waals surface area contributed by atoms with Crippen LogP contribution in [0.25, 0.3) is 0 Å². The van der Waals surface area contributed by atoms with Crippen molar-refractivity contribution in [1.29, 1.82) is 0 Å². The topological polar surface area (TPSA) is 124 Å². The third-order valence-corrected chi connectivity index (χ3v) is 10.1. The van der Waals surface area contributed by atoms with Gasteiger partial charge in [0.05, 0.1) is 44.5 Å². The number of ether oxygens (including phenoxy) is 2. The standard InChI is InChI=1S/C15H14O4S.C15H12O4S.B.Na.H/c2*16-14-8-9-19-15-10-12(6-7-13(14)15)20(17,18)11-4-2-1-3-5-11;;;/h1-7,10,14,16H,8-9H2;1-7,10H,8-9H2;;;/q;;;+1;-1. The summed E-state index contributed by atoms with van der Waals surface area (Å²) in [5, 5.41) is 9.84. The van der Waals surface area contributed by atoms with Gasteiger partial charge in [-0.2, -0.15) is 0 Å². The Hall–Kier alpha value is -2.93. The molecule has 4 aromatic carbocycles. The van der Waals surface area contributed by atoms with Crippen molar-refractivity contribution >= 4 is 33.9 Å². The van der Waals surface area contributed by atoms with Gasteiger partial charge >= 0.3 is 29.6 Å². The minimum atomic E-state index is -3.58. The fourth-order valence-corrected chi connectivity index (χ4v) is 6.99. The molecule has 2 aliphatic heterocycles. The van der Waals surface area contributed by atoms with Gasteiger partial charge in [-0.15, -0.1) is 0 Å². The number of aliphatic hydroxyl groups excluding tert-OH is 1. The summed E-state index contributed by atoms with van der Waals surface area (Å²) in [6.45, 7) is 0.684. The zero-order valence-corrected chi connectivity index (χ0v) is 26.5. The molecule has 4 aromatic rings. The first kappa shape index (κ1) is 33.6. The number of fused-ring (bicyclic) bond motifs is 2. The van der Waals surface area contributed by atoms with Crippen molar-refractivity contribution in [1.82, 2.24) is 0 Å². The number of Topliss-reactive ketones (excluding diaryl/α,β-unsaturated/α-hetero) is 1. The normalized spacial score (nSPS) is 15.5. The summed E-state index contributed by atoms with van der Waals surface area (Å²) in [7, 11) is -7.13. The Morgan fingerprint density at radius 2 is 1.17 bits per heavy atom. The zero-order valence-electron chi connectivity index (χ0n) is 23.8. The van der Waals surface area contributed by atoms with Crippen LogP contribution in [0.4, 0.5) is 0 Å². The summed E-state index contributed by atoms with van der Waals surface area (Å²) in [6, 6.07) is 25.5. The molecule has 0 amide bonds. The number of benzene rings is 4. The molecule has 0 spiro atoms. The summed E-state index contributed by atoms with van der Waals surface area (Å²) in [5.74, 6) is 0.772. The average molecular weight is 613 g/mol. The Morgan fingerprint density at radius 3 is 1.74 bits per heavy atom. The summed E-state index contributed by atoms with van der Waals surface area (Å²) >= 11 is 0. The van der Waals surface area contributed by atoms with Crippen LogP contribution in [-0.4, -0.2) is 49.4 Å². The van der Waals surface area contributed by atoms with Gasteiger partial charge in [0, 0.05) is 26.8 Å². The van der Waals surface area contributed by atoms with Crippen LogP contribution in [-0.2, 0) is 19.7 Å². The van der Waals surface area contributed by atoms with Crippen molar-refractivity contribution in [2.45, 2.75) is 38.5 Å². The van der Waals surface area contributed by atoms with Crippen LogP contribution in [0, 0.1) is 0 Å². The number of carbonyl (C=O) groups excluding carboxylic acids is 1. The second-order valence-electron chi connectivity index (χ2n) is 9.17. The SMILES string of the molecule is O=C1CCOc2cc(S(=O)(=O)c3ccccc3)ccc21.O=S(=O)(c1ccccc1)c1ccc2c(c1)OCCC2O.[B].[H-].[Na+]. The molecule has 2 heterocycles. The number of rotatable bonds is 4. The van der Waals surface area contributed by atoms with Gasteiger partial charge in [-0.25, -0.2) is 16.8 Å². The maximum absolute atomic E-state index is 12.5. The molecule has 0 saturated heterocycles. The number of carbonyl (C=O) groups is 1. The van der Waals surface area contributed by atoms with E-state index in [0.717, 1.165) is 0 Å². The van der Waals surface area contributed by atoms with E-state index < -0.39 is 25.8 Å². The van der Waals surface area contributed by atoms with Crippen molar-refractivity contribution < 1.29 is 67.2 Å². The zero-order chi connectivity index (χ0) is 28.3. The molecule has 6 rings (SSSR count). The Labute approximate surface area is 270 Å². The molecule has 211 valence electrons. The largest absolute Gasteiger partial charge is 1.00 e. The predicted octanol–water partition coefficient (Wildman–Crippen LogP) is 1.56. The van der Waals surface area contributed by atoms with Gasteiger partial charge in [0.2, 0.25) is 19.7 Å². The fraction of sp³-hybridized carbons (Fsp3) is 0.167. The summed E-state index contributed by atoms with van der Waals surface area (Å²) in [5.41, 5.74) is 1.09. The third-order valence-electron chi connectivity index (χ3n) is 6.56. The first-order valence-corrected chi connectivity index (χ1v) is 15.5. The molecule has 1 N–H and O–H groups in total. The van der Waals surface area contributed by atoms with Crippen LogP contribution in [0.2, 0.25) is 0 Å². The molecule has 0 saturated carbocycles. The van der Waals surface area contributed by atoms with Crippen LogP contribution >= 0.6 is 0 Å². The van der Waals surface area contributed by atoms with E-state index in [2.05, 4.69) is 0 Å². The fourth-order valence-electron chi connectivity index (χ4n) is 4.40. The Balaban J connectivity index is 0.000000281. The van der Waals surface area contributed by atoms with Gasteiger partial charge in [-0.3, -0.25) is 4.79 Å². The third kappa shape index (κ3) is 6.99. The van der Waals surface area contributed by atoms with E-state index in [-0.39, 0.29) is 64.8 Å². The van der Waals surface area contributed by atoms with Crippen LogP contribution in [0.3, 0.4) is 0 Å². The molecule has 3 radical (unpaired) electrons. The molecule has 0 aromatic heterocycles. The van der Waals surface area contributed by atoms with Crippen molar-refractivity contribution in [3.8, 4) is 11.5 Å². The molecule has 42 heavy (non-hydrogen) atoms. The summed E-state index contributed by atoms with van der Waals surface area (Å²) in [4.78, 5) is 12.5. The molecule has 2 aliphatic rings. The number of aliphatic hydroxyl groups is 1. The van der Waals surface area contributed by atoms with Crippen LogP contribution in [0.5, 0.6) is 11.5 Å². The Bertz CT molecular complexity index is 1770. The van der Waals surface area contributed by atoms with E-state index in [1.807, 2.05) is 0 Å². The number of ketones is 1. The smallest absolute Gasteiger partial charge is 1.00 e. The maximum Gasteiger partial charge on any atom is 1.00 e. The van der Waals surface area contributed by atoms with Gasteiger partial charge in [0.25, 0.3) is 0 Å². The number of sulfone groups is 2. The molecule has 12 heteroatoms. The van der Waals surface area contributed by atoms with Gasteiger partial charge in [-0.1, -0.05) is 42.5 Å². The maximum atomic E-state index is 12.5. The van der Waals surface area contributed by atoms with Gasteiger partial charge < -0.3 is 16.0 Å². The average Bonchev–Trinajstić information content (AvgIpc) is 2.98. The molecule has 1 unspecified atom stereocenters. The van der Waals surface area contributed by atoms with E-state index in [9.17, 15) is 26.7 Å². The molecule has 0 fully saturated rings. The molecule has 1 atom stereocenters. The number of hydrogen-bond acceptors (Lipinski definition) is 8. The second-order valence-corrected chi connectivity index (χ2v) is 13.1. The van der Waals surface area contributed by atoms with Crippen LogP contribution in [0.1, 0.15) is 36.3 Å². The van der Waals surface area contributed by atoms with Crippen molar-refractivity contribution in [3.63, 3.8) is 0 Å².